The molecule has 0 atom stereocenters. The molecule has 0 fully saturated rings. The van der Waals surface area contributed by atoms with Gasteiger partial charge in [-0.25, -0.2) is 0 Å². The number of hydrogen-bond acceptors (Lipinski definition) is 6. The van der Waals surface area contributed by atoms with E-state index < -0.39 is 0 Å². The molecule has 4 rings (SSSR count). The van der Waals surface area contributed by atoms with Crippen LogP contribution < -0.4 is 15.0 Å². The summed E-state index contributed by atoms with van der Waals surface area (Å²) in [5, 5.41) is 5.83. The van der Waals surface area contributed by atoms with Crippen LogP contribution in [0, 0.1) is 13.8 Å². The number of nitrogens with one attached hydrogen (secondary N) is 2. The number of anilines is 3. The highest BCUT2D eigenvalue weighted by Crippen LogP contribution is 2.31. The molecule has 0 aliphatic heterocycles. The summed E-state index contributed by atoms with van der Waals surface area (Å²) in [4.78, 5) is 15.3. The van der Waals surface area contributed by atoms with Crippen LogP contribution in [0.1, 0.15) is 37.9 Å². The van der Waals surface area contributed by atoms with E-state index in [0.29, 0.717) is 19.2 Å². The highest BCUT2D eigenvalue weighted by atomic mass is 16.5. The van der Waals surface area contributed by atoms with Crippen molar-refractivity contribution in [3.05, 3.63) is 47.7 Å². The van der Waals surface area contributed by atoms with Crippen molar-refractivity contribution in [1.82, 2.24) is 15.0 Å². The first-order chi connectivity index (χ1) is 16.5. The third-order valence-electron chi connectivity index (χ3n) is 6.06. The minimum atomic E-state index is 0.389. The molecule has 0 amide bonds. The van der Waals surface area contributed by atoms with Crippen LogP contribution in [0.3, 0.4) is 0 Å². The van der Waals surface area contributed by atoms with Crippen molar-refractivity contribution < 1.29 is 9.47 Å². The predicted octanol–water partition coefficient (Wildman–Crippen LogP) is 6.12. The van der Waals surface area contributed by atoms with Crippen LogP contribution in [0.5, 0.6) is 6.01 Å². The Kier molecular flexibility index (Phi) is 7.53. The number of aromatic amines is 1. The molecule has 4 aromatic rings. The smallest absolute Gasteiger partial charge is 0.319 e. The molecule has 7 heteroatoms. The third kappa shape index (κ3) is 5.09. The summed E-state index contributed by atoms with van der Waals surface area (Å²) in [6.45, 7) is 11.4. The van der Waals surface area contributed by atoms with Crippen LogP contribution in [-0.2, 0) is 4.74 Å². The summed E-state index contributed by atoms with van der Waals surface area (Å²) in [6.07, 6.45) is 2.08. The molecule has 180 valence electrons. The second-order valence-corrected chi connectivity index (χ2v) is 8.65. The number of aryl methyl sites for hydroxylation is 2. The van der Waals surface area contributed by atoms with Gasteiger partial charge in [-0.3, -0.25) is 0 Å². The highest BCUT2D eigenvalue weighted by molar-refractivity contribution is 5.93. The summed E-state index contributed by atoms with van der Waals surface area (Å²) in [5.41, 5.74) is 6.54. The minimum Gasteiger partial charge on any atom is -0.461 e. The van der Waals surface area contributed by atoms with Crippen LogP contribution in [0.4, 0.5) is 17.2 Å². The molecule has 0 aliphatic carbocycles. The topological polar surface area (TPSA) is 75.3 Å². The molecule has 0 unspecified atom stereocenters. The lowest BCUT2D eigenvalue weighted by Gasteiger charge is -2.24. The van der Waals surface area contributed by atoms with E-state index in [1.54, 1.807) is 7.11 Å². The lowest BCUT2D eigenvalue weighted by atomic mass is 10.1. The molecular formula is C27H35N5O2. The van der Waals surface area contributed by atoms with Gasteiger partial charge in [0.1, 0.15) is 12.4 Å². The molecule has 0 saturated carbocycles. The average molecular weight is 462 g/mol. The molecule has 2 aromatic carbocycles. The summed E-state index contributed by atoms with van der Waals surface area (Å²) in [6, 6.07) is 13.1. The molecule has 0 radical (unpaired) electrons. The second-order valence-electron chi connectivity index (χ2n) is 8.65. The minimum absolute atomic E-state index is 0.389. The van der Waals surface area contributed by atoms with Crippen LogP contribution in [0.25, 0.3) is 21.8 Å². The van der Waals surface area contributed by atoms with Crippen LogP contribution in [-0.4, -0.2) is 48.4 Å². The van der Waals surface area contributed by atoms with E-state index in [-0.39, 0.29) is 0 Å². The van der Waals surface area contributed by atoms with Crippen LogP contribution in [0.2, 0.25) is 0 Å². The van der Waals surface area contributed by atoms with E-state index >= 15 is 0 Å². The summed E-state index contributed by atoms with van der Waals surface area (Å²) in [5.74, 6) is 0.913. The molecule has 0 saturated heterocycles. The van der Waals surface area contributed by atoms with E-state index in [2.05, 4.69) is 78.2 Å². The molecule has 2 N–H and O–H groups in total. The second kappa shape index (κ2) is 10.7. The lowest BCUT2D eigenvalue weighted by molar-refractivity contribution is 0.141. The zero-order valence-electron chi connectivity index (χ0n) is 20.9. The maximum absolute atomic E-state index is 5.79. The first-order valence-electron chi connectivity index (χ1n) is 12.1. The van der Waals surface area contributed by atoms with Gasteiger partial charge < -0.3 is 24.7 Å². The SMILES string of the molecule is CCCN(CCC)c1nc(OCCOC)nc2ccc(Nc3ccc4c(C)c(C)[nH]c4c3)cc12. The van der Waals surface area contributed by atoms with E-state index in [9.17, 15) is 0 Å². The lowest BCUT2D eigenvalue weighted by Crippen LogP contribution is -2.26. The molecule has 2 aromatic heterocycles. The Balaban J connectivity index is 1.71. The molecule has 2 heterocycles. The largest absolute Gasteiger partial charge is 0.461 e. The first kappa shape index (κ1) is 23.8. The fourth-order valence-corrected chi connectivity index (χ4v) is 4.27. The molecule has 0 aliphatic rings. The Morgan fingerprint density at radius 3 is 2.38 bits per heavy atom. The number of fused-ring (bicyclic) bond motifs is 2. The maximum Gasteiger partial charge on any atom is 0.319 e. The Morgan fingerprint density at radius 1 is 0.912 bits per heavy atom. The Hall–Kier alpha value is -3.32. The monoisotopic (exact) mass is 461 g/mol. The van der Waals surface area contributed by atoms with Gasteiger partial charge in [-0.15, -0.1) is 0 Å². The molecule has 34 heavy (non-hydrogen) atoms. The van der Waals surface area contributed by atoms with Gasteiger partial charge in [0.25, 0.3) is 0 Å². The van der Waals surface area contributed by atoms with Gasteiger partial charge in [-0.05, 0) is 62.6 Å². The summed E-state index contributed by atoms with van der Waals surface area (Å²) in [7, 11) is 1.66. The number of nitrogens with zero attached hydrogens (tertiary/aromatic N) is 3. The van der Waals surface area contributed by atoms with Crippen LogP contribution in [0.15, 0.2) is 36.4 Å². The van der Waals surface area contributed by atoms with E-state index in [4.69, 9.17) is 14.5 Å². The van der Waals surface area contributed by atoms with E-state index in [1.165, 1.54) is 16.6 Å². The highest BCUT2D eigenvalue weighted by Gasteiger charge is 2.16. The van der Waals surface area contributed by atoms with Crippen molar-refractivity contribution in [2.24, 2.45) is 0 Å². The zero-order valence-corrected chi connectivity index (χ0v) is 20.9. The van der Waals surface area contributed by atoms with Crippen molar-refractivity contribution in [3.63, 3.8) is 0 Å². The predicted molar refractivity (Wildman–Crippen MR) is 141 cm³/mol. The first-order valence-corrected chi connectivity index (χ1v) is 12.1. The van der Waals surface area contributed by atoms with Gasteiger partial charge in [0.2, 0.25) is 0 Å². The number of methoxy groups -OCH3 is 1. The zero-order chi connectivity index (χ0) is 24.1. The van der Waals surface area contributed by atoms with Crippen molar-refractivity contribution in [2.45, 2.75) is 40.5 Å². The van der Waals surface area contributed by atoms with E-state index in [0.717, 1.165) is 59.5 Å². The maximum atomic E-state index is 5.79. The Morgan fingerprint density at radius 2 is 1.65 bits per heavy atom. The molecule has 0 spiro atoms. The van der Waals surface area contributed by atoms with Gasteiger partial charge >= 0.3 is 6.01 Å². The van der Waals surface area contributed by atoms with E-state index in [1.807, 2.05) is 6.07 Å². The number of aromatic nitrogens is 3. The molecular weight excluding hydrogens is 426 g/mol. The third-order valence-corrected chi connectivity index (χ3v) is 6.06. The summed E-state index contributed by atoms with van der Waals surface area (Å²) < 4.78 is 10.9. The fraction of sp³-hybridized carbons (Fsp3) is 0.407. The van der Waals surface area contributed by atoms with Gasteiger partial charge in [-0.1, -0.05) is 19.9 Å². The van der Waals surface area contributed by atoms with Crippen molar-refractivity contribution >= 4 is 39.0 Å². The van der Waals surface area contributed by atoms with Crippen molar-refractivity contribution in [2.75, 3.05) is 43.6 Å². The van der Waals surface area contributed by atoms with Gasteiger partial charge in [-0.2, -0.15) is 9.97 Å². The normalized spacial score (nSPS) is 11.3. The fourth-order valence-electron chi connectivity index (χ4n) is 4.27. The standard InChI is InChI=1S/C27H35N5O2/c1-6-12-32(13-7-2)26-23-16-20(9-11-24(23)30-27(31-26)34-15-14-33-5)29-21-8-10-22-18(3)19(4)28-25(22)17-21/h8-11,16-17,28-29H,6-7,12-15H2,1-5H3. The number of hydrogen-bond donors (Lipinski definition) is 2. The molecule has 0 bridgehead atoms. The van der Waals surface area contributed by atoms with Gasteiger partial charge in [0.05, 0.1) is 12.1 Å². The van der Waals surface area contributed by atoms with Gasteiger partial charge in [0.15, 0.2) is 0 Å². The Labute approximate surface area is 201 Å². The number of H-pyrrole nitrogens is 1. The average Bonchev–Trinajstić information content (AvgIpc) is 3.11. The number of ether oxygens (including phenoxy) is 2. The Bertz CT molecular complexity index is 1260. The van der Waals surface area contributed by atoms with Gasteiger partial charge in [0, 0.05) is 53.6 Å². The quantitative estimate of drug-likeness (QED) is 0.262. The van der Waals surface area contributed by atoms with Crippen molar-refractivity contribution in [1.29, 1.82) is 0 Å². The molecule has 7 nitrogen and oxygen atoms in total. The number of benzene rings is 2. The van der Waals surface area contributed by atoms with Crippen LogP contribution >= 0.6 is 0 Å². The summed E-state index contributed by atoms with van der Waals surface area (Å²) >= 11 is 0. The number of rotatable bonds is 11. The van der Waals surface area contributed by atoms with Crippen molar-refractivity contribution in [3.8, 4) is 6.01 Å².